The summed E-state index contributed by atoms with van der Waals surface area (Å²) >= 11 is 1.20. The highest BCUT2D eigenvalue weighted by Gasteiger charge is 2.08. The molecule has 100 valence electrons. The second-order valence-corrected chi connectivity index (χ2v) is 4.95. The summed E-state index contributed by atoms with van der Waals surface area (Å²) in [7, 11) is 1.56. The molecule has 2 N–H and O–H groups in total. The number of thioether (sulfide) groups is 1. The molecule has 0 atom stereocenters. The molecule has 5 heteroatoms. The van der Waals surface area contributed by atoms with E-state index in [0.717, 1.165) is 17.7 Å². The van der Waals surface area contributed by atoms with Gasteiger partial charge in [0.15, 0.2) is 0 Å². The van der Waals surface area contributed by atoms with Gasteiger partial charge < -0.3 is 10.5 Å². The molecule has 0 aliphatic rings. The van der Waals surface area contributed by atoms with Gasteiger partial charge in [0.25, 0.3) is 0 Å². The highest BCUT2D eigenvalue weighted by atomic mass is 32.2. The zero-order chi connectivity index (χ0) is 13.8. The summed E-state index contributed by atoms with van der Waals surface area (Å²) in [5.41, 5.74) is 7.16. The van der Waals surface area contributed by atoms with Gasteiger partial charge in [-0.3, -0.25) is 0 Å². The van der Waals surface area contributed by atoms with Crippen LogP contribution in [0.25, 0.3) is 0 Å². The van der Waals surface area contributed by atoms with E-state index in [9.17, 15) is 8.78 Å². The van der Waals surface area contributed by atoms with Crippen LogP contribution in [0.15, 0.2) is 41.3 Å². The van der Waals surface area contributed by atoms with Gasteiger partial charge in [0, 0.05) is 21.9 Å². The van der Waals surface area contributed by atoms with E-state index in [4.69, 9.17) is 10.5 Å². The third kappa shape index (κ3) is 3.38. The first-order chi connectivity index (χ1) is 9.10. The minimum Gasteiger partial charge on any atom is -0.496 e. The SMILES string of the molecule is COc1ccc(N)cc1CSc1cc(F)ccc1F. The molecule has 0 aliphatic heterocycles. The first-order valence-electron chi connectivity index (χ1n) is 5.60. The second-order valence-electron chi connectivity index (χ2n) is 3.93. The van der Waals surface area contributed by atoms with Crippen molar-refractivity contribution >= 4 is 17.4 Å². The fourth-order valence-electron chi connectivity index (χ4n) is 1.65. The summed E-state index contributed by atoms with van der Waals surface area (Å²) in [6, 6.07) is 8.65. The number of methoxy groups -OCH3 is 1. The highest BCUT2D eigenvalue weighted by molar-refractivity contribution is 7.98. The minimum atomic E-state index is -0.455. The van der Waals surface area contributed by atoms with Crippen molar-refractivity contribution in [3.05, 3.63) is 53.6 Å². The molecule has 2 aromatic carbocycles. The van der Waals surface area contributed by atoms with E-state index in [1.54, 1.807) is 25.3 Å². The van der Waals surface area contributed by atoms with E-state index in [1.807, 2.05) is 0 Å². The van der Waals surface area contributed by atoms with Gasteiger partial charge in [0.1, 0.15) is 17.4 Å². The second kappa shape index (κ2) is 5.93. The summed E-state index contributed by atoms with van der Waals surface area (Å²) in [4.78, 5) is 0.268. The molecule has 0 bridgehead atoms. The van der Waals surface area contributed by atoms with Crippen molar-refractivity contribution in [1.29, 1.82) is 0 Å². The maximum Gasteiger partial charge on any atom is 0.136 e. The van der Waals surface area contributed by atoms with Gasteiger partial charge >= 0.3 is 0 Å². The van der Waals surface area contributed by atoms with Gasteiger partial charge in [-0.2, -0.15) is 0 Å². The van der Waals surface area contributed by atoms with Crippen molar-refractivity contribution in [2.45, 2.75) is 10.6 Å². The van der Waals surface area contributed by atoms with E-state index in [0.29, 0.717) is 17.2 Å². The molecular formula is C14H13F2NOS. The molecule has 0 aromatic heterocycles. The Morgan fingerprint density at radius 3 is 2.68 bits per heavy atom. The lowest BCUT2D eigenvalue weighted by atomic mass is 10.2. The van der Waals surface area contributed by atoms with Gasteiger partial charge in [-0.1, -0.05) is 0 Å². The van der Waals surface area contributed by atoms with Crippen molar-refractivity contribution < 1.29 is 13.5 Å². The Hall–Kier alpha value is -1.75. The molecule has 0 saturated carbocycles. The van der Waals surface area contributed by atoms with Gasteiger partial charge in [-0.15, -0.1) is 11.8 Å². The molecule has 0 saturated heterocycles. The van der Waals surface area contributed by atoms with Crippen LogP contribution in [0, 0.1) is 11.6 Å². The molecule has 2 aromatic rings. The Morgan fingerprint density at radius 2 is 1.95 bits per heavy atom. The van der Waals surface area contributed by atoms with E-state index in [2.05, 4.69) is 0 Å². The number of anilines is 1. The molecule has 0 amide bonds. The molecule has 19 heavy (non-hydrogen) atoms. The molecule has 0 heterocycles. The van der Waals surface area contributed by atoms with Crippen molar-refractivity contribution in [1.82, 2.24) is 0 Å². The van der Waals surface area contributed by atoms with Crippen molar-refractivity contribution in [3.63, 3.8) is 0 Å². The fraction of sp³-hybridized carbons (Fsp3) is 0.143. The van der Waals surface area contributed by atoms with Crippen LogP contribution in [0.2, 0.25) is 0 Å². The predicted octanol–water partition coefficient (Wildman–Crippen LogP) is 3.85. The Labute approximate surface area is 114 Å². The smallest absolute Gasteiger partial charge is 0.136 e. The molecule has 2 rings (SSSR count). The number of nitrogen functional groups attached to an aromatic ring is 1. The quantitative estimate of drug-likeness (QED) is 0.683. The van der Waals surface area contributed by atoms with Gasteiger partial charge in [-0.25, -0.2) is 8.78 Å². The average molecular weight is 281 g/mol. The van der Waals surface area contributed by atoms with Gasteiger partial charge in [0.2, 0.25) is 0 Å². The third-order valence-electron chi connectivity index (χ3n) is 2.58. The first kappa shape index (κ1) is 13.7. The molecular weight excluding hydrogens is 268 g/mol. The van der Waals surface area contributed by atoms with E-state index in [1.165, 1.54) is 17.8 Å². The Bertz CT molecular complexity index is 590. The van der Waals surface area contributed by atoms with Crippen molar-refractivity contribution in [3.8, 4) is 5.75 Å². The monoisotopic (exact) mass is 281 g/mol. The zero-order valence-electron chi connectivity index (χ0n) is 10.3. The number of hydrogen-bond acceptors (Lipinski definition) is 3. The minimum absolute atomic E-state index is 0.268. The van der Waals surface area contributed by atoms with E-state index in [-0.39, 0.29) is 4.90 Å². The summed E-state index contributed by atoms with van der Waals surface area (Å²) in [6.07, 6.45) is 0. The van der Waals surface area contributed by atoms with Crippen molar-refractivity contribution in [2.75, 3.05) is 12.8 Å². The largest absolute Gasteiger partial charge is 0.496 e. The Balaban J connectivity index is 2.18. The molecule has 0 unspecified atom stereocenters. The normalized spacial score (nSPS) is 10.5. The molecule has 0 radical (unpaired) electrons. The lowest BCUT2D eigenvalue weighted by Gasteiger charge is -2.09. The first-order valence-corrected chi connectivity index (χ1v) is 6.59. The fourth-order valence-corrected chi connectivity index (χ4v) is 2.59. The maximum atomic E-state index is 13.5. The van der Waals surface area contributed by atoms with Crippen LogP contribution in [-0.4, -0.2) is 7.11 Å². The van der Waals surface area contributed by atoms with Crippen LogP contribution in [0.3, 0.4) is 0 Å². The number of nitrogens with two attached hydrogens (primary N) is 1. The predicted molar refractivity (Wildman–Crippen MR) is 73.3 cm³/mol. The van der Waals surface area contributed by atoms with Crippen LogP contribution in [0.1, 0.15) is 5.56 Å². The summed E-state index contributed by atoms with van der Waals surface area (Å²) < 4.78 is 31.8. The number of halogens is 2. The molecule has 0 spiro atoms. The lowest BCUT2D eigenvalue weighted by Crippen LogP contribution is -1.94. The third-order valence-corrected chi connectivity index (χ3v) is 3.66. The van der Waals surface area contributed by atoms with Crippen LogP contribution >= 0.6 is 11.8 Å². The summed E-state index contributed by atoms with van der Waals surface area (Å²) in [6.45, 7) is 0. The highest BCUT2D eigenvalue weighted by Crippen LogP contribution is 2.31. The van der Waals surface area contributed by atoms with Gasteiger partial charge in [0.05, 0.1) is 7.11 Å². The van der Waals surface area contributed by atoms with Crippen LogP contribution in [0.5, 0.6) is 5.75 Å². The average Bonchev–Trinajstić information content (AvgIpc) is 2.40. The Kier molecular flexibility index (Phi) is 4.27. The zero-order valence-corrected chi connectivity index (χ0v) is 11.1. The van der Waals surface area contributed by atoms with Crippen molar-refractivity contribution in [2.24, 2.45) is 0 Å². The van der Waals surface area contributed by atoms with E-state index < -0.39 is 11.6 Å². The van der Waals surface area contributed by atoms with Crippen LogP contribution in [0.4, 0.5) is 14.5 Å². The lowest BCUT2D eigenvalue weighted by molar-refractivity contribution is 0.411. The molecule has 0 aliphatic carbocycles. The van der Waals surface area contributed by atoms with E-state index >= 15 is 0 Å². The molecule has 2 nitrogen and oxygen atoms in total. The van der Waals surface area contributed by atoms with Crippen LogP contribution < -0.4 is 10.5 Å². The summed E-state index contributed by atoms with van der Waals surface area (Å²) in [5, 5.41) is 0. The topological polar surface area (TPSA) is 35.2 Å². The number of hydrogen-bond donors (Lipinski definition) is 1. The number of rotatable bonds is 4. The number of benzene rings is 2. The maximum absolute atomic E-state index is 13.5. The van der Waals surface area contributed by atoms with Gasteiger partial charge in [-0.05, 0) is 36.4 Å². The standard InChI is InChI=1S/C14H13F2NOS/c1-18-13-5-3-11(17)6-9(13)8-19-14-7-10(15)2-4-12(14)16/h2-7H,8,17H2,1H3. The van der Waals surface area contributed by atoms with Crippen LogP contribution in [-0.2, 0) is 5.75 Å². The number of ether oxygens (including phenoxy) is 1. The Morgan fingerprint density at radius 1 is 1.16 bits per heavy atom. The molecule has 0 fully saturated rings. The summed E-state index contributed by atoms with van der Waals surface area (Å²) in [5.74, 6) is 0.241.